The summed E-state index contributed by atoms with van der Waals surface area (Å²) in [6.07, 6.45) is -0.987. The van der Waals surface area contributed by atoms with Crippen molar-refractivity contribution in [3.8, 4) is 11.5 Å². The summed E-state index contributed by atoms with van der Waals surface area (Å²) in [5.74, 6) is 0.779. The van der Waals surface area contributed by atoms with Crippen LogP contribution in [0.2, 0.25) is 0 Å². The highest BCUT2D eigenvalue weighted by atomic mass is 16.6. The quantitative estimate of drug-likeness (QED) is 0.348. The molecule has 1 unspecified atom stereocenters. The van der Waals surface area contributed by atoms with Crippen LogP contribution in [-0.2, 0) is 0 Å². The van der Waals surface area contributed by atoms with Gasteiger partial charge in [-0.25, -0.2) is 0 Å². The molecule has 0 amide bonds. The predicted octanol–water partition coefficient (Wildman–Crippen LogP) is 2.17. The number of non-ortho nitro benzene ring substituents is 1. The molecule has 0 radical (unpaired) electrons. The Morgan fingerprint density at radius 3 is 2.74 bits per heavy atom. The number of nitrogens with zero attached hydrogens (tertiary/aromatic N) is 2. The van der Waals surface area contributed by atoms with Crippen LogP contribution < -0.4 is 14.9 Å². The zero-order valence-corrected chi connectivity index (χ0v) is 15.0. The molecule has 2 rings (SSSR count). The number of benzene rings is 2. The van der Waals surface area contributed by atoms with Crippen LogP contribution >= 0.6 is 0 Å². The van der Waals surface area contributed by atoms with Crippen molar-refractivity contribution >= 4 is 17.1 Å². The number of anilines is 1. The maximum absolute atomic E-state index is 11.1. The first-order chi connectivity index (χ1) is 12.9. The standard InChI is InChI=1S/C18H21N3O6/c1-12(17-5-3-4-6-18(17)26-2)20-27-16-8-13(19-10-15(23)11-22)7-14(9-16)21(24)25/h3-9,15,19,22-23H,10-11H2,1-2H3. The lowest BCUT2D eigenvalue weighted by atomic mass is 10.1. The van der Waals surface area contributed by atoms with Crippen molar-refractivity contribution in [3.63, 3.8) is 0 Å². The maximum atomic E-state index is 11.1. The van der Waals surface area contributed by atoms with Crippen LogP contribution in [0.5, 0.6) is 11.5 Å². The van der Waals surface area contributed by atoms with Crippen molar-refractivity contribution in [1.82, 2.24) is 0 Å². The third-order valence-corrected chi connectivity index (χ3v) is 3.64. The van der Waals surface area contributed by atoms with E-state index in [2.05, 4.69) is 10.5 Å². The fourth-order valence-electron chi connectivity index (χ4n) is 2.26. The second kappa shape index (κ2) is 9.51. The van der Waals surface area contributed by atoms with Gasteiger partial charge in [0.2, 0.25) is 0 Å². The van der Waals surface area contributed by atoms with E-state index in [1.807, 2.05) is 18.2 Å². The summed E-state index contributed by atoms with van der Waals surface area (Å²) in [6.45, 7) is 1.33. The number of aliphatic hydroxyl groups excluding tert-OH is 2. The Kier molecular flexibility index (Phi) is 7.09. The molecule has 0 aliphatic heterocycles. The molecular weight excluding hydrogens is 354 g/mol. The van der Waals surface area contributed by atoms with Crippen molar-refractivity contribution in [2.75, 3.05) is 25.6 Å². The number of rotatable bonds is 9. The predicted molar refractivity (Wildman–Crippen MR) is 101 cm³/mol. The molecule has 0 aromatic heterocycles. The highest BCUT2D eigenvalue weighted by Gasteiger charge is 2.13. The number of hydrogen-bond donors (Lipinski definition) is 3. The third kappa shape index (κ3) is 5.66. The first-order valence-corrected chi connectivity index (χ1v) is 8.12. The number of nitrogens with one attached hydrogen (secondary N) is 1. The van der Waals surface area contributed by atoms with Crippen LogP contribution in [0.15, 0.2) is 47.6 Å². The first kappa shape index (κ1) is 20.1. The van der Waals surface area contributed by atoms with Crippen LogP contribution in [0, 0.1) is 10.1 Å². The van der Waals surface area contributed by atoms with Crippen molar-refractivity contribution < 1.29 is 24.7 Å². The molecule has 9 heteroatoms. The monoisotopic (exact) mass is 375 g/mol. The van der Waals surface area contributed by atoms with Gasteiger partial charge in [0.05, 0.1) is 36.5 Å². The van der Waals surface area contributed by atoms with E-state index < -0.39 is 17.6 Å². The molecule has 27 heavy (non-hydrogen) atoms. The summed E-state index contributed by atoms with van der Waals surface area (Å²) >= 11 is 0. The SMILES string of the molecule is COc1ccccc1C(C)=NOc1cc(NCC(O)CO)cc([N+](=O)[O-])c1. The molecule has 0 bridgehead atoms. The summed E-state index contributed by atoms with van der Waals surface area (Å²) in [5.41, 5.74) is 1.43. The van der Waals surface area contributed by atoms with Gasteiger partial charge in [-0.2, -0.15) is 0 Å². The van der Waals surface area contributed by atoms with E-state index in [1.165, 1.54) is 18.2 Å². The number of para-hydroxylation sites is 1. The summed E-state index contributed by atoms with van der Waals surface area (Å²) in [4.78, 5) is 15.9. The number of methoxy groups -OCH3 is 1. The Morgan fingerprint density at radius 1 is 1.33 bits per heavy atom. The number of nitro groups is 1. The molecule has 0 fully saturated rings. The van der Waals surface area contributed by atoms with E-state index in [1.54, 1.807) is 20.1 Å². The summed E-state index contributed by atoms with van der Waals surface area (Å²) in [6, 6.07) is 11.3. The third-order valence-electron chi connectivity index (χ3n) is 3.64. The molecule has 0 saturated heterocycles. The van der Waals surface area contributed by atoms with Gasteiger partial charge < -0.3 is 25.1 Å². The van der Waals surface area contributed by atoms with Gasteiger partial charge in [0, 0.05) is 29.9 Å². The van der Waals surface area contributed by atoms with Crippen molar-refractivity contribution in [3.05, 3.63) is 58.1 Å². The molecule has 3 N–H and O–H groups in total. The minimum absolute atomic E-state index is 0.0284. The van der Waals surface area contributed by atoms with Gasteiger partial charge in [-0.1, -0.05) is 17.3 Å². The summed E-state index contributed by atoms with van der Waals surface area (Å²) in [7, 11) is 1.55. The lowest BCUT2D eigenvalue weighted by molar-refractivity contribution is -0.384. The number of hydrogen-bond acceptors (Lipinski definition) is 8. The smallest absolute Gasteiger partial charge is 0.275 e. The topological polar surface area (TPSA) is 126 Å². The van der Waals surface area contributed by atoms with Gasteiger partial charge in [-0.05, 0) is 19.1 Å². The van der Waals surface area contributed by atoms with Gasteiger partial charge in [-0.3, -0.25) is 10.1 Å². The number of ether oxygens (including phenoxy) is 1. The average molecular weight is 375 g/mol. The molecule has 0 aliphatic rings. The van der Waals surface area contributed by atoms with E-state index in [4.69, 9.17) is 14.7 Å². The van der Waals surface area contributed by atoms with Crippen molar-refractivity contribution in [2.24, 2.45) is 5.16 Å². The molecule has 1 atom stereocenters. The minimum atomic E-state index is -0.987. The minimum Gasteiger partial charge on any atom is -0.496 e. The van der Waals surface area contributed by atoms with Gasteiger partial charge >= 0.3 is 0 Å². The highest BCUT2D eigenvalue weighted by molar-refractivity contribution is 6.00. The van der Waals surface area contributed by atoms with Crippen LogP contribution in [0.1, 0.15) is 12.5 Å². The zero-order chi connectivity index (χ0) is 19.8. The molecule has 144 valence electrons. The lowest BCUT2D eigenvalue weighted by Crippen LogP contribution is -2.22. The molecule has 2 aromatic rings. The van der Waals surface area contributed by atoms with E-state index in [0.29, 0.717) is 17.1 Å². The van der Waals surface area contributed by atoms with E-state index in [-0.39, 0.29) is 18.0 Å². The molecule has 2 aromatic carbocycles. The van der Waals surface area contributed by atoms with Crippen molar-refractivity contribution in [1.29, 1.82) is 0 Å². The van der Waals surface area contributed by atoms with Gasteiger partial charge in [0.25, 0.3) is 5.69 Å². The van der Waals surface area contributed by atoms with Crippen LogP contribution in [0.4, 0.5) is 11.4 Å². The molecule has 0 aliphatic carbocycles. The molecular formula is C18H21N3O6. The van der Waals surface area contributed by atoms with Gasteiger partial charge in [0.1, 0.15) is 5.75 Å². The van der Waals surface area contributed by atoms with Crippen molar-refractivity contribution in [2.45, 2.75) is 13.0 Å². The van der Waals surface area contributed by atoms with Crippen LogP contribution in [0.25, 0.3) is 0 Å². The Labute approximate surface area is 156 Å². The zero-order valence-electron chi connectivity index (χ0n) is 15.0. The largest absolute Gasteiger partial charge is 0.496 e. The normalized spacial score (nSPS) is 12.4. The Bertz CT molecular complexity index is 824. The summed E-state index contributed by atoms with van der Waals surface area (Å²) < 4.78 is 5.27. The fraction of sp³-hybridized carbons (Fsp3) is 0.278. The maximum Gasteiger partial charge on any atom is 0.275 e. The molecule has 0 saturated carbocycles. The van der Waals surface area contributed by atoms with E-state index in [9.17, 15) is 15.2 Å². The van der Waals surface area contributed by atoms with Gasteiger partial charge in [-0.15, -0.1) is 0 Å². The molecule has 0 heterocycles. The van der Waals surface area contributed by atoms with Crippen LogP contribution in [-0.4, -0.2) is 47.2 Å². The number of aliphatic hydroxyl groups is 2. The van der Waals surface area contributed by atoms with Crippen LogP contribution in [0.3, 0.4) is 0 Å². The number of oxime groups is 1. The number of nitro benzene ring substituents is 1. The average Bonchev–Trinajstić information content (AvgIpc) is 2.69. The van der Waals surface area contributed by atoms with E-state index in [0.717, 1.165) is 5.56 Å². The Hall–Kier alpha value is -3.17. The second-order valence-electron chi connectivity index (χ2n) is 5.66. The first-order valence-electron chi connectivity index (χ1n) is 8.12. The lowest BCUT2D eigenvalue weighted by Gasteiger charge is -2.11. The second-order valence-corrected chi connectivity index (χ2v) is 5.66. The van der Waals surface area contributed by atoms with E-state index >= 15 is 0 Å². The Morgan fingerprint density at radius 2 is 2.07 bits per heavy atom. The molecule has 9 nitrogen and oxygen atoms in total. The summed E-state index contributed by atoms with van der Waals surface area (Å²) in [5, 5.41) is 36.2. The van der Waals surface area contributed by atoms with Gasteiger partial charge in [0.15, 0.2) is 5.75 Å². The highest BCUT2D eigenvalue weighted by Crippen LogP contribution is 2.27. The Balaban J connectivity index is 2.23. The fourth-order valence-corrected chi connectivity index (χ4v) is 2.26. The molecule has 0 spiro atoms.